The molecular formula is C13H24N6O2. The molecule has 3 N–H and O–H groups in total. The molecule has 1 aromatic heterocycles. The first-order chi connectivity index (χ1) is 10.2. The summed E-state index contributed by atoms with van der Waals surface area (Å²) in [5.41, 5.74) is 2.45. The van der Waals surface area contributed by atoms with E-state index in [9.17, 15) is 0 Å². The highest BCUT2D eigenvalue weighted by atomic mass is 16.5. The SMILES string of the molecule is CCCOc1nc(NN)nc(N(C)CC2CCOCC2)n1. The molecule has 0 spiro atoms. The van der Waals surface area contributed by atoms with Gasteiger partial charge in [-0.1, -0.05) is 6.92 Å². The summed E-state index contributed by atoms with van der Waals surface area (Å²) in [4.78, 5) is 14.7. The zero-order valence-corrected chi connectivity index (χ0v) is 12.7. The number of rotatable bonds is 7. The summed E-state index contributed by atoms with van der Waals surface area (Å²) in [6, 6.07) is 0.300. The van der Waals surface area contributed by atoms with Crippen molar-refractivity contribution in [1.82, 2.24) is 15.0 Å². The van der Waals surface area contributed by atoms with E-state index < -0.39 is 0 Å². The van der Waals surface area contributed by atoms with Gasteiger partial charge in [0.05, 0.1) is 6.61 Å². The maximum Gasteiger partial charge on any atom is 0.323 e. The Morgan fingerprint density at radius 3 is 2.76 bits per heavy atom. The van der Waals surface area contributed by atoms with E-state index in [0.717, 1.165) is 39.0 Å². The van der Waals surface area contributed by atoms with Crippen molar-refractivity contribution in [3.63, 3.8) is 0 Å². The van der Waals surface area contributed by atoms with Gasteiger partial charge in [-0.25, -0.2) is 5.84 Å². The standard InChI is InChI=1S/C13H24N6O2/c1-3-6-21-13-16-11(18-14)15-12(17-13)19(2)9-10-4-7-20-8-5-10/h10H,3-9,14H2,1-2H3,(H,15,16,17,18). The number of nitrogens with one attached hydrogen (secondary N) is 1. The molecule has 0 bridgehead atoms. The maximum absolute atomic E-state index is 5.47. The Labute approximate surface area is 125 Å². The number of nitrogens with two attached hydrogens (primary N) is 1. The molecule has 2 rings (SSSR count). The molecule has 1 fully saturated rings. The van der Waals surface area contributed by atoms with Crippen LogP contribution in [-0.2, 0) is 4.74 Å². The van der Waals surface area contributed by atoms with Crippen molar-refractivity contribution < 1.29 is 9.47 Å². The predicted octanol–water partition coefficient (Wildman–Crippen LogP) is 0.809. The Morgan fingerprint density at radius 1 is 1.33 bits per heavy atom. The van der Waals surface area contributed by atoms with E-state index in [1.54, 1.807) is 0 Å². The van der Waals surface area contributed by atoms with Gasteiger partial charge in [-0.2, -0.15) is 15.0 Å². The zero-order valence-electron chi connectivity index (χ0n) is 12.7. The smallest absolute Gasteiger partial charge is 0.323 e. The quantitative estimate of drug-likeness (QED) is 0.563. The minimum atomic E-state index is 0.300. The maximum atomic E-state index is 5.47. The van der Waals surface area contributed by atoms with Gasteiger partial charge in [0.25, 0.3) is 0 Å². The van der Waals surface area contributed by atoms with Crippen LogP contribution in [-0.4, -0.2) is 48.4 Å². The minimum absolute atomic E-state index is 0.300. The summed E-state index contributed by atoms with van der Waals surface area (Å²) < 4.78 is 10.9. The highest BCUT2D eigenvalue weighted by Crippen LogP contribution is 2.19. The molecule has 1 aliphatic rings. The second-order valence-corrected chi connectivity index (χ2v) is 5.17. The second kappa shape index (κ2) is 7.94. The topological polar surface area (TPSA) is 98.4 Å². The highest BCUT2D eigenvalue weighted by Gasteiger charge is 2.18. The average molecular weight is 296 g/mol. The van der Waals surface area contributed by atoms with Crippen molar-refractivity contribution in [2.45, 2.75) is 26.2 Å². The van der Waals surface area contributed by atoms with Gasteiger partial charge in [0.1, 0.15) is 0 Å². The third-order valence-electron chi connectivity index (χ3n) is 3.38. The summed E-state index contributed by atoms with van der Waals surface area (Å²) in [5, 5.41) is 0. The van der Waals surface area contributed by atoms with E-state index in [4.69, 9.17) is 15.3 Å². The van der Waals surface area contributed by atoms with Crippen LogP contribution in [0.4, 0.5) is 11.9 Å². The molecular weight excluding hydrogens is 272 g/mol. The van der Waals surface area contributed by atoms with E-state index in [1.165, 1.54) is 0 Å². The molecule has 8 nitrogen and oxygen atoms in total. The molecule has 0 amide bonds. The second-order valence-electron chi connectivity index (χ2n) is 5.17. The Bertz CT molecular complexity index is 439. The Kier molecular flexibility index (Phi) is 5.94. The van der Waals surface area contributed by atoms with Crippen molar-refractivity contribution in [2.75, 3.05) is 43.7 Å². The molecule has 0 atom stereocenters. The van der Waals surface area contributed by atoms with Crippen LogP contribution >= 0.6 is 0 Å². The summed E-state index contributed by atoms with van der Waals surface area (Å²) in [7, 11) is 1.97. The monoisotopic (exact) mass is 296 g/mol. The van der Waals surface area contributed by atoms with Gasteiger partial charge in [-0.3, -0.25) is 5.43 Å². The minimum Gasteiger partial charge on any atom is -0.463 e. The molecule has 0 saturated carbocycles. The fourth-order valence-electron chi connectivity index (χ4n) is 2.24. The Hall–Kier alpha value is -1.67. The first kappa shape index (κ1) is 15.7. The molecule has 1 aliphatic heterocycles. The first-order valence-electron chi connectivity index (χ1n) is 7.37. The van der Waals surface area contributed by atoms with Gasteiger partial charge in [-0.15, -0.1) is 0 Å². The lowest BCUT2D eigenvalue weighted by molar-refractivity contribution is 0.0684. The van der Waals surface area contributed by atoms with Crippen LogP contribution in [0.3, 0.4) is 0 Å². The van der Waals surface area contributed by atoms with Gasteiger partial charge >= 0.3 is 6.01 Å². The molecule has 0 aliphatic carbocycles. The van der Waals surface area contributed by atoms with E-state index in [2.05, 4.69) is 20.4 Å². The fourth-order valence-corrected chi connectivity index (χ4v) is 2.24. The van der Waals surface area contributed by atoms with Crippen LogP contribution in [0.1, 0.15) is 26.2 Å². The van der Waals surface area contributed by atoms with Crippen LogP contribution in [0.5, 0.6) is 6.01 Å². The van der Waals surface area contributed by atoms with Crippen LogP contribution in [0.25, 0.3) is 0 Å². The Balaban J connectivity index is 2.05. The molecule has 0 aromatic carbocycles. The summed E-state index contributed by atoms with van der Waals surface area (Å²) >= 11 is 0. The number of anilines is 2. The van der Waals surface area contributed by atoms with Crippen molar-refractivity contribution in [2.24, 2.45) is 11.8 Å². The van der Waals surface area contributed by atoms with Gasteiger partial charge in [-0.05, 0) is 25.2 Å². The highest BCUT2D eigenvalue weighted by molar-refractivity contribution is 5.37. The lowest BCUT2D eigenvalue weighted by Gasteiger charge is -2.27. The summed E-state index contributed by atoms with van der Waals surface area (Å²) in [5.74, 6) is 6.88. The van der Waals surface area contributed by atoms with E-state index in [0.29, 0.717) is 30.4 Å². The molecule has 0 radical (unpaired) electrons. The predicted molar refractivity (Wildman–Crippen MR) is 80.2 cm³/mol. The molecule has 0 unspecified atom stereocenters. The lowest BCUT2D eigenvalue weighted by atomic mass is 10.0. The van der Waals surface area contributed by atoms with Crippen molar-refractivity contribution in [3.05, 3.63) is 0 Å². The van der Waals surface area contributed by atoms with Crippen molar-refractivity contribution in [3.8, 4) is 6.01 Å². The van der Waals surface area contributed by atoms with Crippen LogP contribution in [0, 0.1) is 5.92 Å². The van der Waals surface area contributed by atoms with Gasteiger partial charge in [0, 0.05) is 26.8 Å². The fraction of sp³-hybridized carbons (Fsp3) is 0.769. The summed E-state index contributed by atoms with van der Waals surface area (Å²) in [6.45, 7) is 5.13. The van der Waals surface area contributed by atoms with Crippen LogP contribution in [0.2, 0.25) is 0 Å². The third kappa shape index (κ3) is 4.68. The van der Waals surface area contributed by atoms with Gasteiger partial charge in [0.15, 0.2) is 0 Å². The summed E-state index contributed by atoms with van der Waals surface area (Å²) in [6.07, 6.45) is 3.03. The lowest BCUT2D eigenvalue weighted by Crippen LogP contribution is -2.31. The van der Waals surface area contributed by atoms with E-state index in [-0.39, 0.29) is 0 Å². The first-order valence-corrected chi connectivity index (χ1v) is 7.37. The average Bonchev–Trinajstić information content (AvgIpc) is 2.53. The number of nitrogen functional groups attached to an aromatic ring is 1. The zero-order chi connectivity index (χ0) is 15.1. The molecule has 21 heavy (non-hydrogen) atoms. The number of hydrazine groups is 1. The van der Waals surface area contributed by atoms with Crippen molar-refractivity contribution in [1.29, 1.82) is 0 Å². The number of hydrogen-bond donors (Lipinski definition) is 2. The van der Waals surface area contributed by atoms with Crippen LogP contribution in [0.15, 0.2) is 0 Å². The number of ether oxygens (including phenoxy) is 2. The largest absolute Gasteiger partial charge is 0.463 e. The number of hydrogen-bond acceptors (Lipinski definition) is 8. The number of aromatic nitrogens is 3. The molecule has 118 valence electrons. The normalized spacial score (nSPS) is 15.8. The molecule has 8 heteroatoms. The Morgan fingerprint density at radius 2 is 2.10 bits per heavy atom. The van der Waals surface area contributed by atoms with E-state index in [1.807, 2.05) is 18.9 Å². The molecule has 1 saturated heterocycles. The third-order valence-corrected chi connectivity index (χ3v) is 3.38. The van der Waals surface area contributed by atoms with Crippen LogP contribution < -0.4 is 20.9 Å². The van der Waals surface area contributed by atoms with E-state index >= 15 is 0 Å². The van der Waals surface area contributed by atoms with Gasteiger partial charge in [0.2, 0.25) is 11.9 Å². The van der Waals surface area contributed by atoms with Crippen molar-refractivity contribution >= 4 is 11.9 Å². The number of nitrogens with zero attached hydrogens (tertiary/aromatic N) is 4. The molecule has 1 aromatic rings. The van der Waals surface area contributed by atoms with Gasteiger partial charge < -0.3 is 14.4 Å². The molecule has 2 heterocycles.